The number of rotatable bonds is 5. The Bertz CT molecular complexity index is 409. The van der Waals surface area contributed by atoms with E-state index < -0.39 is 5.97 Å². The van der Waals surface area contributed by atoms with Crippen LogP contribution < -0.4 is 4.74 Å². The molecule has 0 saturated heterocycles. The zero-order chi connectivity index (χ0) is 12.1. The molecule has 0 spiro atoms. The molecule has 0 unspecified atom stereocenters. The lowest BCUT2D eigenvalue weighted by molar-refractivity contribution is -0.136. The van der Waals surface area contributed by atoms with Gasteiger partial charge >= 0.3 is 5.97 Å². The number of hydrogen-bond acceptors (Lipinski definition) is 3. The van der Waals surface area contributed by atoms with Crippen molar-refractivity contribution in [1.29, 1.82) is 0 Å². The van der Waals surface area contributed by atoms with E-state index in [1.54, 1.807) is 18.2 Å². The van der Waals surface area contributed by atoms with Crippen LogP contribution in [0.4, 0.5) is 0 Å². The molecule has 1 aromatic carbocycles. The molecule has 0 amide bonds. The lowest BCUT2D eigenvalue weighted by atomic mass is 10.0. The highest BCUT2D eigenvalue weighted by Crippen LogP contribution is 2.20. The van der Waals surface area contributed by atoms with Gasteiger partial charge in [0, 0.05) is 12.0 Å². The van der Waals surface area contributed by atoms with Gasteiger partial charge in [-0.2, -0.15) is 0 Å². The summed E-state index contributed by atoms with van der Waals surface area (Å²) in [5.41, 5.74) is 1.43. The van der Waals surface area contributed by atoms with E-state index in [0.29, 0.717) is 11.3 Å². The molecule has 4 heteroatoms. The first kappa shape index (κ1) is 12.2. The van der Waals surface area contributed by atoms with Crippen molar-refractivity contribution in [2.24, 2.45) is 0 Å². The number of ketones is 1. The van der Waals surface area contributed by atoms with Crippen molar-refractivity contribution in [3.05, 3.63) is 29.3 Å². The third kappa shape index (κ3) is 3.08. The molecule has 1 rings (SSSR count). The molecule has 0 atom stereocenters. The molecule has 0 bridgehead atoms. The van der Waals surface area contributed by atoms with Crippen molar-refractivity contribution in [1.82, 2.24) is 0 Å². The van der Waals surface area contributed by atoms with Crippen LogP contribution in [-0.4, -0.2) is 24.0 Å². The predicted octanol–water partition coefficient (Wildman–Crippen LogP) is 2.05. The summed E-state index contributed by atoms with van der Waals surface area (Å²) >= 11 is 0. The van der Waals surface area contributed by atoms with Crippen molar-refractivity contribution in [2.75, 3.05) is 7.11 Å². The lowest BCUT2D eigenvalue weighted by Gasteiger charge is -2.06. The van der Waals surface area contributed by atoms with E-state index in [4.69, 9.17) is 9.84 Å². The molecule has 1 aromatic rings. The third-order valence-corrected chi connectivity index (χ3v) is 2.30. The van der Waals surface area contributed by atoms with E-state index in [0.717, 1.165) is 5.56 Å². The van der Waals surface area contributed by atoms with Crippen molar-refractivity contribution in [3.8, 4) is 5.75 Å². The first-order valence-corrected chi connectivity index (χ1v) is 4.94. The van der Waals surface area contributed by atoms with E-state index in [2.05, 4.69) is 0 Å². The van der Waals surface area contributed by atoms with Gasteiger partial charge in [0.25, 0.3) is 0 Å². The van der Waals surface area contributed by atoms with Crippen LogP contribution in [0.5, 0.6) is 5.75 Å². The molecule has 0 fully saturated rings. The van der Waals surface area contributed by atoms with Crippen LogP contribution in [0.15, 0.2) is 18.2 Å². The second kappa shape index (κ2) is 5.30. The zero-order valence-electron chi connectivity index (χ0n) is 9.32. The van der Waals surface area contributed by atoms with Crippen LogP contribution in [0.2, 0.25) is 0 Å². The molecule has 0 aromatic heterocycles. The van der Waals surface area contributed by atoms with Crippen LogP contribution in [0.1, 0.15) is 28.8 Å². The summed E-state index contributed by atoms with van der Waals surface area (Å²) in [5, 5.41) is 8.48. The molecule has 1 N–H and O–H groups in total. The first-order chi connectivity index (χ1) is 7.54. The van der Waals surface area contributed by atoms with Crippen molar-refractivity contribution < 1.29 is 19.4 Å². The zero-order valence-corrected chi connectivity index (χ0v) is 9.32. The molecule has 16 heavy (non-hydrogen) atoms. The SMILES string of the molecule is COc1cc(C(=O)CCC(=O)O)ccc1C. The first-order valence-electron chi connectivity index (χ1n) is 4.94. The number of carbonyl (C=O) groups excluding carboxylic acids is 1. The molecular weight excluding hydrogens is 208 g/mol. The molecule has 0 aliphatic heterocycles. The largest absolute Gasteiger partial charge is 0.496 e. The quantitative estimate of drug-likeness (QED) is 0.774. The number of methoxy groups -OCH3 is 1. The lowest BCUT2D eigenvalue weighted by Crippen LogP contribution is -2.04. The summed E-state index contributed by atoms with van der Waals surface area (Å²) in [7, 11) is 1.54. The number of Topliss-reactive ketones (excluding diaryl/α,β-unsaturated/α-hetero) is 1. The standard InChI is InChI=1S/C12H14O4/c1-8-3-4-9(7-11(8)16-2)10(13)5-6-12(14)15/h3-4,7H,5-6H2,1-2H3,(H,14,15). The van der Waals surface area contributed by atoms with Gasteiger partial charge in [-0.3, -0.25) is 9.59 Å². The average Bonchev–Trinajstić information content (AvgIpc) is 2.26. The normalized spacial score (nSPS) is 9.88. The molecule has 0 saturated carbocycles. The van der Waals surface area contributed by atoms with Crippen LogP contribution >= 0.6 is 0 Å². The van der Waals surface area contributed by atoms with Crippen molar-refractivity contribution in [2.45, 2.75) is 19.8 Å². The summed E-state index contributed by atoms with van der Waals surface area (Å²) in [6.45, 7) is 1.88. The van der Waals surface area contributed by atoms with Crippen LogP contribution in [0, 0.1) is 6.92 Å². The number of aryl methyl sites for hydroxylation is 1. The Morgan fingerprint density at radius 2 is 2.00 bits per heavy atom. The number of carbonyl (C=O) groups is 2. The second-order valence-corrected chi connectivity index (χ2v) is 3.50. The summed E-state index contributed by atoms with van der Waals surface area (Å²) in [6, 6.07) is 5.11. The summed E-state index contributed by atoms with van der Waals surface area (Å²) in [4.78, 5) is 21.9. The summed E-state index contributed by atoms with van der Waals surface area (Å²) < 4.78 is 5.09. The van der Waals surface area contributed by atoms with Crippen molar-refractivity contribution >= 4 is 11.8 Å². The number of carboxylic acids is 1. The fourth-order valence-corrected chi connectivity index (χ4v) is 1.36. The number of carboxylic acid groups (broad SMARTS) is 1. The van der Waals surface area contributed by atoms with Crippen molar-refractivity contribution in [3.63, 3.8) is 0 Å². The molecule has 4 nitrogen and oxygen atoms in total. The molecule has 0 heterocycles. The number of aliphatic carboxylic acids is 1. The number of benzene rings is 1. The van der Waals surface area contributed by atoms with E-state index in [9.17, 15) is 9.59 Å². The second-order valence-electron chi connectivity index (χ2n) is 3.50. The van der Waals surface area contributed by atoms with Crippen LogP contribution in [-0.2, 0) is 4.79 Å². The van der Waals surface area contributed by atoms with E-state index in [1.165, 1.54) is 7.11 Å². The van der Waals surface area contributed by atoms with E-state index >= 15 is 0 Å². The van der Waals surface area contributed by atoms with E-state index in [1.807, 2.05) is 6.92 Å². The highest BCUT2D eigenvalue weighted by atomic mass is 16.5. The van der Waals surface area contributed by atoms with Gasteiger partial charge in [-0.1, -0.05) is 12.1 Å². The van der Waals surface area contributed by atoms with Gasteiger partial charge in [0.2, 0.25) is 0 Å². The summed E-state index contributed by atoms with van der Waals surface area (Å²) in [5.74, 6) is -0.505. The van der Waals surface area contributed by atoms with Gasteiger partial charge in [0.05, 0.1) is 13.5 Å². The maximum atomic E-state index is 11.6. The molecule has 0 aliphatic rings. The Morgan fingerprint density at radius 3 is 2.56 bits per heavy atom. The Balaban J connectivity index is 2.80. The Morgan fingerprint density at radius 1 is 1.31 bits per heavy atom. The molecule has 0 radical (unpaired) electrons. The monoisotopic (exact) mass is 222 g/mol. The van der Waals surface area contributed by atoms with Gasteiger partial charge in [0.15, 0.2) is 5.78 Å². The fourth-order valence-electron chi connectivity index (χ4n) is 1.36. The Labute approximate surface area is 93.9 Å². The van der Waals surface area contributed by atoms with Gasteiger partial charge < -0.3 is 9.84 Å². The molecular formula is C12H14O4. The average molecular weight is 222 g/mol. The fraction of sp³-hybridized carbons (Fsp3) is 0.333. The molecule has 0 aliphatic carbocycles. The smallest absolute Gasteiger partial charge is 0.303 e. The third-order valence-electron chi connectivity index (χ3n) is 2.30. The van der Waals surface area contributed by atoms with Crippen LogP contribution in [0.25, 0.3) is 0 Å². The Hall–Kier alpha value is -1.84. The van der Waals surface area contributed by atoms with Gasteiger partial charge in [-0.25, -0.2) is 0 Å². The minimum atomic E-state index is -0.965. The maximum absolute atomic E-state index is 11.6. The highest BCUT2D eigenvalue weighted by molar-refractivity contribution is 5.97. The highest BCUT2D eigenvalue weighted by Gasteiger charge is 2.10. The van der Waals surface area contributed by atoms with Crippen LogP contribution in [0.3, 0.4) is 0 Å². The van der Waals surface area contributed by atoms with Gasteiger partial charge in [0.1, 0.15) is 5.75 Å². The minimum Gasteiger partial charge on any atom is -0.496 e. The number of ether oxygens (including phenoxy) is 1. The maximum Gasteiger partial charge on any atom is 0.303 e. The molecule has 86 valence electrons. The predicted molar refractivity (Wildman–Crippen MR) is 58.9 cm³/mol. The van der Waals surface area contributed by atoms with Gasteiger partial charge in [-0.15, -0.1) is 0 Å². The van der Waals surface area contributed by atoms with Gasteiger partial charge in [-0.05, 0) is 18.6 Å². The topological polar surface area (TPSA) is 63.6 Å². The minimum absolute atomic E-state index is 0.0154. The Kier molecular flexibility index (Phi) is 4.05. The van der Waals surface area contributed by atoms with E-state index in [-0.39, 0.29) is 18.6 Å². The number of hydrogen-bond donors (Lipinski definition) is 1. The summed E-state index contributed by atoms with van der Waals surface area (Å²) in [6.07, 6.45) is -0.128.